The van der Waals surface area contributed by atoms with Crippen LogP contribution < -0.4 is 5.32 Å². The zero-order valence-corrected chi connectivity index (χ0v) is 14.2. The van der Waals surface area contributed by atoms with Gasteiger partial charge in [-0.3, -0.25) is 9.88 Å². The van der Waals surface area contributed by atoms with Gasteiger partial charge in [0.2, 0.25) is 0 Å². The lowest BCUT2D eigenvalue weighted by atomic mass is 10.1. The predicted octanol–water partition coefficient (Wildman–Crippen LogP) is 3.59. The molecule has 0 aliphatic rings. The third kappa shape index (κ3) is 4.92. The summed E-state index contributed by atoms with van der Waals surface area (Å²) in [4.78, 5) is 6.80. The van der Waals surface area contributed by atoms with Crippen molar-refractivity contribution < 1.29 is 0 Å². The van der Waals surface area contributed by atoms with Crippen LogP contribution in [0.15, 0.2) is 47.1 Å². The fourth-order valence-corrected chi connectivity index (χ4v) is 2.83. The highest BCUT2D eigenvalue weighted by Crippen LogP contribution is 2.21. The number of rotatable bonds is 7. The standard InChI is InChI=1S/C17H22BrN3/c1-3-21(13-16-6-4-5-9-20-16)12-15-8-7-14(11-19-2)10-17(15)18/h4-10,19H,3,11-13H2,1-2H3. The van der Waals surface area contributed by atoms with E-state index in [0.29, 0.717) is 0 Å². The van der Waals surface area contributed by atoms with Gasteiger partial charge in [0.05, 0.1) is 5.69 Å². The SMILES string of the molecule is CCN(Cc1ccccn1)Cc1ccc(CNC)cc1Br. The van der Waals surface area contributed by atoms with Crippen molar-refractivity contribution in [1.29, 1.82) is 0 Å². The molecule has 0 aliphatic heterocycles. The van der Waals surface area contributed by atoms with E-state index in [2.05, 4.69) is 62.3 Å². The number of benzene rings is 1. The number of nitrogens with zero attached hydrogens (tertiary/aromatic N) is 2. The van der Waals surface area contributed by atoms with Crippen LogP contribution in [0.4, 0.5) is 0 Å². The van der Waals surface area contributed by atoms with Gasteiger partial charge >= 0.3 is 0 Å². The van der Waals surface area contributed by atoms with E-state index < -0.39 is 0 Å². The number of halogens is 1. The van der Waals surface area contributed by atoms with Crippen molar-refractivity contribution in [2.75, 3.05) is 13.6 Å². The molecule has 0 fully saturated rings. The molecular formula is C17H22BrN3. The summed E-state index contributed by atoms with van der Waals surface area (Å²) >= 11 is 3.69. The molecular weight excluding hydrogens is 326 g/mol. The molecule has 0 bridgehead atoms. The summed E-state index contributed by atoms with van der Waals surface area (Å²) in [5.41, 5.74) is 3.72. The van der Waals surface area contributed by atoms with Gasteiger partial charge in [-0.1, -0.05) is 41.1 Å². The topological polar surface area (TPSA) is 28.2 Å². The molecule has 0 radical (unpaired) electrons. The minimum Gasteiger partial charge on any atom is -0.316 e. The molecule has 3 nitrogen and oxygen atoms in total. The van der Waals surface area contributed by atoms with Crippen LogP contribution >= 0.6 is 15.9 Å². The van der Waals surface area contributed by atoms with Crippen LogP contribution in [0.2, 0.25) is 0 Å². The van der Waals surface area contributed by atoms with E-state index in [4.69, 9.17) is 0 Å². The van der Waals surface area contributed by atoms with Crippen LogP contribution in [0.25, 0.3) is 0 Å². The molecule has 0 aliphatic carbocycles. The second kappa shape index (κ2) is 8.27. The highest BCUT2D eigenvalue weighted by molar-refractivity contribution is 9.10. The zero-order valence-electron chi connectivity index (χ0n) is 12.6. The molecule has 0 amide bonds. The highest BCUT2D eigenvalue weighted by Gasteiger charge is 2.08. The van der Waals surface area contributed by atoms with Crippen molar-refractivity contribution >= 4 is 15.9 Å². The Balaban J connectivity index is 2.04. The summed E-state index contributed by atoms with van der Waals surface area (Å²) in [6, 6.07) is 12.7. The molecule has 4 heteroatoms. The number of nitrogens with one attached hydrogen (secondary N) is 1. The summed E-state index contributed by atoms with van der Waals surface area (Å²) in [5.74, 6) is 0. The average Bonchev–Trinajstić information content (AvgIpc) is 2.50. The molecule has 0 saturated heterocycles. The maximum Gasteiger partial charge on any atom is 0.0544 e. The summed E-state index contributed by atoms with van der Waals surface area (Å²) in [7, 11) is 1.97. The normalized spacial score (nSPS) is 11.0. The van der Waals surface area contributed by atoms with Crippen LogP contribution in [0.5, 0.6) is 0 Å². The van der Waals surface area contributed by atoms with Crippen LogP contribution in [-0.2, 0) is 19.6 Å². The van der Waals surface area contributed by atoms with Crippen LogP contribution in [0.1, 0.15) is 23.7 Å². The summed E-state index contributed by atoms with van der Waals surface area (Å²) in [6.45, 7) is 5.88. The summed E-state index contributed by atoms with van der Waals surface area (Å²) in [6.07, 6.45) is 1.85. The lowest BCUT2D eigenvalue weighted by Crippen LogP contribution is -2.23. The van der Waals surface area contributed by atoms with Crippen molar-refractivity contribution in [3.63, 3.8) is 0 Å². The van der Waals surface area contributed by atoms with E-state index in [9.17, 15) is 0 Å². The molecule has 0 atom stereocenters. The molecule has 1 aromatic carbocycles. The molecule has 2 rings (SSSR count). The lowest BCUT2D eigenvalue weighted by Gasteiger charge is -2.21. The first-order valence-electron chi connectivity index (χ1n) is 7.27. The van der Waals surface area contributed by atoms with Crippen molar-refractivity contribution in [2.24, 2.45) is 0 Å². The molecule has 0 saturated carbocycles. The average molecular weight is 348 g/mol. The van der Waals surface area contributed by atoms with Gasteiger partial charge in [0.1, 0.15) is 0 Å². The third-order valence-electron chi connectivity index (χ3n) is 3.45. The molecule has 0 spiro atoms. The van der Waals surface area contributed by atoms with E-state index in [1.807, 2.05) is 25.4 Å². The quantitative estimate of drug-likeness (QED) is 0.829. The fraction of sp³-hybridized carbons (Fsp3) is 0.353. The predicted molar refractivity (Wildman–Crippen MR) is 90.9 cm³/mol. The van der Waals surface area contributed by atoms with Crippen LogP contribution in [-0.4, -0.2) is 23.5 Å². The largest absolute Gasteiger partial charge is 0.316 e. The van der Waals surface area contributed by atoms with Crippen molar-refractivity contribution in [3.8, 4) is 0 Å². The van der Waals surface area contributed by atoms with Crippen molar-refractivity contribution in [3.05, 3.63) is 63.9 Å². The molecule has 1 heterocycles. The number of hydrogen-bond donors (Lipinski definition) is 1. The summed E-state index contributed by atoms with van der Waals surface area (Å²) < 4.78 is 1.18. The van der Waals surface area contributed by atoms with Gasteiger partial charge in [0, 0.05) is 30.3 Å². The number of hydrogen-bond acceptors (Lipinski definition) is 3. The van der Waals surface area contributed by atoms with Gasteiger partial charge in [0.25, 0.3) is 0 Å². The Morgan fingerprint density at radius 2 is 2.05 bits per heavy atom. The Morgan fingerprint density at radius 1 is 1.19 bits per heavy atom. The van der Waals surface area contributed by atoms with E-state index in [0.717, 1.165) is 31.9 Å². The first-order valence-corrected chi connectivity index (χ1v) is 8.06. The minimum absolute atomic E-state index is 0.877. The van der Waals surface area contributed by atoms with Gasteiger partial charge in [-0.25, -0.2) is 0 Å². The second-order valence-electron chi connectivity index (χ2n) is 5.08. The molecule has 1 aromatic heterocycles. The van der Waals surface area contributed by atoms with Crippen molar-refractivity contribution in [2.45, 2.75) is 26.6 Å². The monoisotopic (exact) mass is 347 g/mol. The molecule has 0 unspecified atom stereocenters. The number of aromatic nitrogens is 1. The van der Waals surface area contributed by atoms with Gasteiger partial charge in [-0.05, 0) is 42.9 Å². The Morgan fingerprint density at radius 3 is 2.67 bits per heavy atom. The van der Waals surface area contributed by atoms with Gasteiger partial charge in [-0.15, -0.1) is 0 Å². The third-order valence-corrected chi connectivity index (χ3v) is 4.19. The Labute approximate surface area is 135 Å². The van der Waals surface area contributed by atoms with E-state index in [-0.39, 0.29) is 0 Å². The van der Waals surface area contributed by atoms with E-state index >= 15 is 0 Å². The first-order chi connectivity index (χ1) is 10.2. The Bertz CT molecular complexity index is 557. The molecule has 1 N–H and O–H groups in total. The zero-order chi connectivity index (χ0) is 15.1. The van der Waals surface area contributed by atoms with Gasteiger partial charge < -0.3 is 5.32 Å². The van der Waals surface area contributed by atoms with Gasteiger partial charge in [0.15, 0.2) is 0 Å². The van der Waals surface area contributed by atoms with E-state index in [1.165, 1.54) is 15.6 Å². The Kier molecular flexibility index (Phi) is 6.36. The van der Waals surface area contributed by atoms with Gasteiger partial charge in [-0.2, -0.15) is 0 Å². The molecule has 112 valence electrons. The maximum absolute atomic E-state index is 4.41. The molecule has 2 aromatic rings. The Hall–Kier alpha value is -1.23. The second-order valence-corrected chi connectivity index (χ2v) is 5.93. The van der Waals surface area contributed by atoms with Crippen molar-refractivity contribution in [1.82, 2.24) is 15.2 Å². The van der Waals surface area contributed by atoms with E-state index in [1.54, 1.807) is 0 Å². The highest BCUT2D eigenvalue weighted by atomic mass is 79.9. The minimum atomic E-state index is 0.877. The maximum atomic E-state index is 4.41. The van der Waals surface area contributed by atoms with Crippen LogP contribution in [0.3, 0.4) is 0 Å². The first kappa shape index (κ1) is 16.1. The summed E-state index contributed by atoms with van der Waals surface area (Å²) in [5, 5.41) is 3.18. The molecule has 21 heavy (non-hydrogen) atoms. The fourth-order valence-electron chi connectivity index (χ4n) is 2.27. The number of pyridine rings is 1. The van der Waals surface area contributed by atoms with Crippen LogP contribution in [0, 0.1) is 0 Å². The lowest BCUT2D eigenvalue weighted by molar-refractivity contribution is 0.267. The smallest absolute Gasteiger partial charge is 0.0544 e.